The zero-order valence-electron chi connectivity index (χ0n) is 28.8. The van der Waals surface area contributed by atoms with Crippen LogP contribution in [0.1, 0.15) is 49.9 Å². The highest BCUT2D eigenvalue weighted by Crippen LogP contribution is 2.53. The van der Waals surface area contributed by atoms with Crippen molar-refractivity contribution in [3.8, 4) is 33.4 Å². The number of fused-ring (bicyclic) bond motifs is 9. The Morgan fingerprint density at radius 3 is 1.50 bits per heavy atom. The van der Waals surface area contributed by atoms with Crippen LogP contribution in [0.4, 0.5) is 17.1 Å². The maximum absolute atomic E-state index is 6.42. The number of hydrogen-bond acceptors (Lipinski definition) is 2. The summed E-state index contributed by atoms with van der Waals surface area (Å²) in [6, 6.07) is 55.6. The predicted octanol–water partition coefficient (Wildman–Crippen LogP) is 13.3. The highest BCUT2D eigenvalue weighted by atomic mass is 16.3. The summed E-state index contributed by atoms with van der Waals surface area (Å²) in [7, 11) is 0. The van der Waals surface area contributed by atoms with Crippen molar-refractivity contribution >= 4 is 39.0 Å². The smallest absolute Gasteiger partial charge is 0.143 e. The molecule has 7 aromatic carbocycles. The average molecular weight is 644 g/mol. The van der Waals surface area contributed by atoms with Crippen LogP contribution in [0.3, 0.4) is 0 Å². The highest BCUT2D eigenvalue weighted by molar-refractivity contribution is 6.09. The van der Waals surface area contributed by atoms with E-state index < -0.39 is 0 Å². The summed E-state index contributed by atoms with van der Waals surface area (Å²) >= 11 is 0. The molecule has 2 nitrogen and oxygen atoms in total. The molecule has 0 bridgehead atoms. The van der Waals surface area contributed by atoms with Gasteiger partial charge >= 0.3 is 0 Å². The second-order valence-electron chi connectivity index (χ2n) is 15.0. The summed E-state index contributed by atoms with van der Waals surface area (Å²) < 4.78 is 6.42. The van der Waals surface area contributed by atoms with Crippen molar-refractivity contribution in [2.24, 2.45) is 0 Å². The number of nitrogens with zero attached hydrogens (tertiary/aromatic N) is 1. The summed E-state index contributed by atoms with van der Waals surface area (Å²) in [5, 5.41) is 2.29. The van der Waals surface area contributed by atoms with Gasteiger partial charge in [0.25, 0.3) is 0 Å². The molecule has 10 rings (SSSR count). The lowest BCUT2D eigenvalue weighted by molar-refractivity contribution is 0.660. The molecule has 0 radical (unpaired) electrons. The molecule has 2 aliphatic rings. The van der Waals surface area contributed by atoms with Crippen LogP contribution in [0.15, 0.2) is 156 Å². The molecule has 0 saturated heterocycles. The van der Waals surface area contributed by atoms with E-state index in [1.165, 1.54) is 44.5 Å². The van der Waals surface area contributed by atoms with Gasteiger partial charge in [0.05, 0.1) is 0 Å². The van der Waals surface area contributed by atoms with Gasteiger partial charge in [-0.1, -0.05) is 137 Å². The van der Waals surface area contributed by atoms with Crippen LogP contribution in [0.25, 0.3) is 55.3 Å². The Balaban J connectivity index is 1.14. The Labute approximate surface area is 293 Å². The van der Waals surface area contributed by atoms with Gasteiger partial charge in [-0.15, -0.1) is 0 Å². The molecule has 0 atom stereocenters. The van der Waals surface area contributed by atoms with Crippen molar-refractivity contribution in [2.45, 2.75) is 38.5 Å². The molecule has 240 valence electrons. The third-order valence-corrected chi connectivity index (χ3v) is 11.5. The van der Waals surface area contributed by atoms with E-state index in [1.807, 2.05) is 12.1 Å². The van der Waals surface area contributed by atoms with E-state index in [0.29, 0.717) is 0 Å². The van der Waals surface area contributed by atoms with Crippen LogP contribution >= 0.6 is 0 Å². The number of hydrogen-bond donors (Lipinski definition) is 0. The van der Waals surface area contributed by atoms with Crippen molar-refractivity contribution in [2.75, 3.05) is 4.90 Å². The maximum Gasteiger partial charge on any atom is 0.143 e. The molecule has 8 aromatic rings. The summed E-state index contributed by atoms with van der Waals surface area (Å²) in [6.07, 6.45) is 0. The van der Waals surface area contributed by atoms with Gasteiger partial charge in [0, 0.05) is 44.2 Å². The van der Waals surface area contributed by atoms with Gasteiger partial charge in [-0.3, -0.25) is 0 Å². The number of furan rings is 1. The molecule has 0 aliphatic heterocycles. The Hall–Kier alpha value is -5.86. The van der Waals surface area contributed by atoms with Crippen molar-refractivity contribution in [3.63, 3.8) is 0 Å². The molecule has 2 heteroatoms. The second kappa shape index (κ2) is 10.3. The first-order valence-electron chi connectivity index (χ1n) is 17.6. The van der Waals surface area contributed by atoms with Crippen LogP contribution in [-0.2, 0) is 10.8 Å². The Bertz CT molecular complexity index is 2550. The van der Waals surface area contributed by atoms with E-state index in [9.17, 15) is 0 Å². The summed E-state index contributed by atoms with van der Waals surface area (Å²) in [6.45, 7) is 9.37. The third kappa shape index (κ3) is 4.02. The zero-order valence-corrected chi connectivity index (χ0v) is 28.8. The van der Waals surface area contributed by atoms with E-state index in [0.717, 1.165) is 50.1 Å². The van der Waals surface area contributed by atoms with Crippen molar-refractivity contribution in [1.82, 2.24) is 0 Å². The lowest BCUT2D eigenvalue weighted by atomic mass is 9.82. The second-order valence-corrected chi connectivity index (χ2v) is 15.0. The fourth-order valence-electron chi connectivity index (χ4n) is 8.91. The number of benzene rings is 7. The van der Waals surface area contributed by atoms with Crippen molar-refractivity contribution < 1.29 is 4.42 Å². The molecule has 50 heavy (non-hydrogen) atoms. The first-order valence-corrected chi connectivity index (χ1v) is 17.6. The molecule has 0 fully saturated rings. The van der Waals surface area contributed by atoms with Gasteiger partial charge in [0.15, 0.2) is 0 Å². The molecule has 0 unspecified atom stereocenters. The molecular weight excluding hydrogens is 607 g/mol. The molecular formula is C48H37NO. The molecule has 0 amide bonds. The van der Waals surface area contributed by atoms with Crippen LogP contribution in [0.2, 0.25) is 0 Å². The SMILES string of the molecule is CC1(C)c2ccccc2-c2cc(N(c3ccc(-c4cccc5c4oc4ccccc45)cc3)c3ccc4c(c3)-c3ccccc3C4(C)C)ccc21. The lowest BCUT2D eigenvalue weighted by Crippen LogP contribution is -2.16. The third-order valence-electron chi connectivity index (χ3n) is 11.5. The van der Waals surface area contributed by atoms with E-state index in [1.54, 1.807) is 0 Å². The first-order chi connectivity index (χ1) is 24.3. The van der Waals surface area contributed by atoms with E-state index in [-0.39, 0.29) is 10.8 Å². The van der Waals surface area contributed by atoms with Crippen LogP contribution in [0, 0.1) is 0 Å². The number of anilines is 3. The van der Waals surface area contributed by atoms with Gasteiger partial charge in [-0.05, 0) is 92.5 Å². The largest absolute Gasteiger partial charge is 0.455 e. The minimum Gasteiger partial charge on any atom is -0.455 e. The standard InChI is InChI=1S/C48H37NO/c1-47(2)41-17-8-5-12-35(41)39-28-32(24-26-43(39)47)49(33-25-27-44-40(29-33)36-13-6-9-18-42(36)48(44,3)4)31-22-20-30(21-23-31)34-15-11-16-38-37-14-7-10-19-45(37)50-46(34)38/h5-29H,1-4H3. The molecule has 0 saturated carbocycles. The minimum absolute atomic E-state index is 0.0442. The topological polar surface area (TPSA) is 16.4 Å². The van der Waals surface area contributed by atoms with Crippen molar-refractivity contribution in [1.29, 1.82) is 0 Å². The Morgan fingerprint density at radius 1 is 0.400 bits per heavy atom. The summed E-state index contributed by atoms with van der Waals surface area (Å²) in [5.41, 5.74) is 18.2. The quantitative estimate of drug-likeness (QED) is 0.190. The average Bonchev–Trinajstić information content (AvgIpc) is 3.72. The molecule has 1 heterocycles. The highest BCUT2D eigenvalue weighted by Gasteiger charge is 2.37. The van der Waals surface area contributed by atoms with Crippen LogP contribution in [-0.4, -0.2) is 0 Å². The monoisotopic (exact) mass is 643 g/mol. The lowest BCUT2D eigenvalue weighted by Gasteiger charge is -2.28. The minimum atomic E-state index is -0.0442. The molecule has 2 aliphatic carbocycles. The summed E-state index contributed by atoms with van der Waals surface area (Å²) in [4.78, 5) is 2.42. The van der Waals surface area contributed by atoms with Gasteiger partial charge < -0.3 is 9.32 Å². The van der Waals surface area contributed by atoms with Crippen LogP contribution in [0.5, 0.6) is 0 Å². The fraction of sp³-hybridized carbons (Fsp3) is 0.125. The Kier molecular flexibility index (Phi) is 6.01. The molecule has 0 N–H and O–H groups in total. The maximum atomic E-state index is 6.42. The molecule has 0 spiro atoms. The zero-order chi connectivity index (χ0) is 33.8. The normalized spacial score (nSPS) is 14.7. The van der Waals surface area contributed by atoms with Crippen LogP contribution < -0.4 is 4.90 Å². The van der Waals surface area contributed by atoms with Gasteiger partial charge in [-0.2, -0.15) is 0 Å². The Morgan fingerprint density at radius 2 is 0.880 bits per heavy atom. The van der Waals surface area contributed by atoms with Crippen molar-refractivity contribution in [3.05, 3.63) is 174 Å². The van der Waals surface area contributed by atoms with E-state index >= 15 is 0 Å². The first kappa shape index (κ1) is 29.1. The fourth-order valence-corrected chi connectivity index (χ4v) is 8.91. The van der Waals surface area contributed by atoms with Gasteiger partial charge in [0.2, 0.25) is 0 Å². The van der Waals surface area contributed by atoms with Gasteiger partial charge in [-0.25, -0.2) is 0 Å². The van der Waals surface area contributed by atoms with E-state index in [4.69, 9.17) is 4.42 Å². The number of rotatable bonds is 4. The summed E-state index contributed by atoms with van der Waals surface area (Å²) in [5.74, 6) is 0. The molecule has 1 aromatic heterocycles. The van der Waals surface area contributed by atoms with E-state index in [2.05, 4.69) is 172 Å². The number of para-hydroxylation sites is 2. The predicted molar refractivity (Wildman–Crippen MR) is 209 cm³/mol. The van der Waals surface area contributed by atoms with Gasteiger partial charge in [0.1, 0.15) is 11.2 Å².